The normalized spacial score (nSPS) is 26.4. The molecule has 2 heteroatoms. The lowest BCUT2D eigenvalue weighted by atomic mass is 9.73. The van der Waals surface area contributed by atoms with E-state index in [4.69, 9.17) is 0 Å². The van der Waals surface area contributed by atoms with Gasteiger partial charge in [-0.15, -0.1) is 11.8 Å². The fraction of sp³-hybridized carbons (Fsp3) is 0.647. The standard InChI is InChI=1S/C17H27NS/c1-12-8-9-13(2)15(11-12)19-14-7-6-10-17(3,4)16(14)18-5/h8-9,11,14,16,18H,6-7,10H2,1-5H3. The third-order valence-electron chi connectivity index (χ3n) is 4.46. The zero-order chi connectivity index (χ0) is 14.0. The van der Waals surface area contributed by atoms with Crippen LogP contribution in [0.25, 0.3) is 0 Å². The molecule has 2 atom stereocenters. The molecule has 0 saturated heterocycles. The van der Waals surface area contributed by atoms with E-state index in [-0.39, 0.29) is 0 Å². The third-order valence-corrected chi connectivity index (χ3v) is 5.96. The molecule has 1 aliphatic carbocycles. The first kappa shape index (κ1) is 14.9. The Kier molecular flexibility index (Phi) is 4.62. The molecular formula is C17H27NS. The van der Waals surface area contributed by atoms with Crippen LogP contribution in [0.15, 0.2) is 23.1 Å². The van der Waals surface area contributed by atoms with Gasteiger partial charge in [-0.1, -0.05) is 38.0 Å². The Morgan fingerprint density at radius 3 is 2.68 bits per heavy atom. The number of thioether (sulfide) groups is 1. The van der Waals surface area contributed by atoms with Crippen LogP contribution in [0.4, 0.5) is 0 Å². The van der Waals surface area contributed by atoms with Crippen LogP contribution in [-0.4, -0.2) is 18.3 Å². The fourth-order valence-electron chi connectivity index (χ4n) is 3.29. The zero-order valence-electron chi connectivity index (χ0n) is 12.9. The van der Waals surface area contributed by atoms with Gasteiger partial charge in [-0.2, -0.15) is 0 Å². The van der Waals surface area contributed by atoms with Crippen molar-refractivity contribution in [1.29, 1.82) is 0 Å². The van der Waals surface area contributed by atoms with Crippen LogP contribution in [0, 0.1) is 19.3 Å². The van der Waals surface area contributed by atoms with Gasteiger partial charge >= 0.3 is 0 Å². The summed E-state index contributed by atoms with van der Waals surface area (Å²) < 4.78 is 0. The summed E-state index contributed by atoms with van der Waals surface area (Å²) >= 11 is 2.08. The quantitative estimate of drug-likeness (QED) is 0.869. The first-order chi connectivity index (χ1) is 8.94. The number of aryl methyl sites for hydroxylation is 2. The Balaban J connectivity index is 2.19. The van der Waals surface area contributed by atoms with Crippen molar-refractivity contribution in [2.45, 2.75) is 63.1 Å². The van der Waals surface area contributed by atoms with Crippen LogP contribution >= 0.6 is 11.8 Å². The molecule has 0 spiro atoms. The van der Waals surface area contributed by atoms with Gasteiger partial charge in [-0.05, 0) is 50.8 Å². The molecule has 0 heterocycles. The van der Waals surface area contributed by atoms with Gasteiger partial charge in [0.2, 0.25) is 0 Å². The van der Waals surface area contributed by atoms with Crippen molar-refractivity contribution >= 4 is 11.8 Å². The van der Waals surface area contributed by atoms with E-state index < -0.39 is 0 Å². The van der Waals surface area contributed by atoms with Gasteiger partial charge in [-0.3, -0.25) is 0 Å². The Morgan fingerprint density at radius 1 is 1.26 bits per heavy atom. The second kappa shape index (κ2) is 5.88. The molecule has 19 heavy (non-hydrogen) atoms. The van der Waals surface area contributed by atoms with Crippen molar-refractivity contribution in [3.8, 4) is 0 Å². The van der Waals surface area contributed by atoms with Gasteiger partial charge in [0.15, 0.2) is 0 Å². The largest absolute Gasteiger partial charge is 0.315 e. The molecule has 1 N–H and O–H groups in total. The van der Waals surface area contributed by atoms with Crippen molar-refractivity contribution in [3.05, 3.63) is 29.3 Å². The molecule has 0 bridgehead atoms. The maximum Gasteiger partial charge on any atom is 0.0253 e. The maximum absolute atomic E-state index is 3.58. The number of benzene rings is 1. The summed E-state index contributed by atoms with van der Waals surface area (Å²) in [4.78, 5) is 1.46. The summed E-state index contributed by atoms with van der Waals surface area (Å²) in [5.41, 5.74) is 3.18. The highest BCUT2D eigenvalue weighted by Crippen LogP contribution is 2.43. The van der Waals surface area contributed by atoms with Crippen LogP contribution in [0.3, 0.4) is 0 Å². The molecule has 0 amide bonds. The number of rotatable bonds is 3. The van der Waals surface area contributed by atoms with E-state index in [2.05, 4.69) is 70.0 Å². The monoisotopic (exact) mass is 277 g/mol. The van der Waals surface area contributed by atoms with Crippen LogP contribution in [-0.2, 0) is 0 Å². The van der Waals surface area contributed by atoms with Gasteiger partial charge in [0.05, 0.1) is 0 Å². The van der Waals surface area contributed by atoms with Crippen molar-refractivity contribution in [1.82, 2.24) is 5.32 Å². The van der Waals surface area contributed by atoms with E-state index in [1.165, 1.54) is 35.3 Å². The summed E-state index contributed by atoms with van der Waals surface area (Å²) in [6, 6.07) is 7.40. The minimum atomic E-state index is 0.405. The predicted octanol–water partition coefficient (Wildman–Crippen LogP) is 4.56. The number of hydrogen-bond acceptors (Lipinski definition) is 2. The minimum absolute atomic E-state index is 0.405. The molecular weight excluding hydrogens is 250 g/mol. The lowest BCUT2D eigenvalue weighted by Crippen LogP contribution is -2.49. The molecule has 1 nitrogen and oxygen atoms in total. The summed E-state index contributed by atoms with van der Waals surface area (Å²) in [5.74, 6) is 0. The highest BCUT2D eigenvalue weighted by molar-refractivity contribution is 8.00. The van der Waals surface area contributed by atoms with Crippen LogP contribution in [0.5, 0.6) is 0 Å². The van der Waals surface area contributed by atoms with Gasteiger partial charge < -0.3 is 5.32 Å². The van der Waals surface area contributed by atoms with E-state index in [1.54, 1.807) is 0 Å². The zero-order valence-corrected chi connectivity index (χ0v) is 13.7. The summed E-state index contributed by atoms with van der Waals surface area (Å²) in [7, 11) is 2.12. The van der Waals surface area contributed by atoms with Gasteiger partial charge in [0.1, 0.15) is 0 Å². The van der Waals surface area contributed by atoms with Gasteiger partial charge in [-0.25, -0.2) is 0 Å². The van der Waals surface area contributed by atoms with Crippen molar-refractivity contribution in [2.75, 3.05) is 7.05 Å². The second-order valence-corrected chi connectivity index (χ2v) is 7.85. The topological polar surface area (TPSA) is 12.0 Å². The highest BCUT2D eigenvalue weighted by Gasteiger charge is 2.38. The Hall–Kier alpha value is -0.470. The third kappa shape index (κ3) is 3.35. The second-order valence-electron chi connectivity index (χ2n) is 6.57. The first-order valence-electron chi connectivity index (χ1n) is 7.35. The highest BCUT2D eigenvalue weighted by atomic mass is 32.2. The van der Waals surface area contributed by atoms with Crippen molar-refractivity contribution in [2.24, 2.45) is 5.41 Å². The summed E-state index contributed by atoms with van der Waals surface area (Å²) in [6.45, 7) is 9.22. The molecule has 2 unspecified atom stereocenters. The Bertz CT molecular complexity index is 439. The fourth-order valence-corrected chi connectivity index (χ4v) is 5.04. The van der Waals surface area contributed by atoms with E-state index >= 15 is 0 Å². The lowest BCUT2D eigenvalue weighted by Gasteiger charge is -2.43. The average molecular weight is 277 g/mol. The lowest BCUT2D eigenvalue weighted by molar-refractivity contribution is 0.182. The van der Waals surface area contributed by atoms with Crippen LogP contribution in [0.1, 0.15) is 44.2 Å². The van der Waals surface area contributed by atoms with Crippen molar-refractivity contribution < 1.29 is 0 Å². The average Bonchev–Trinajstić information content (AvgIpc) is 2.33. The summed E-state index contributed by atoms with van der Waals surface area (Å²) in [6.07, 6.45) is 4.02. The Labute approximate surface area is 122 Å². The molecule has 2 rings (SSSR count). The molecule has 0 aliphatic heterocycles. The molecule has 1 aliphatic rings. The number of nitrogens with one attached hydrogen (secondary N) is 1. The molecule has 1 saturated carbocycles. The Morgan fingerprint density at radius 2 is 2.00 bits per heavy atom. The first-order valence-corrected chi connectivity index (χ1v) is 8.23. The molecule has 1 aromatic rings. The predicted molar refractivity (Wildman–Crippen MR) is 86.0 cm³/mol. The maximum atomic E-state index is 3.58. The van der Waals surface area contributed by atoms with E-state index in [1.807, 2.05) is 0 Å². The molecule has 1 fully saturated rings. The summed E-state index contributed by atoms with van der Waals surface area (Å²) in [5, 5.41) is 4.27. The van der Waals surface area contributed by atoms with E-state index in [0.717, 1.165) is 0 Å². The van der Waals surface area contributed by atoms with Crippen LogP contribution < -0.4 is 5.32 Å². The van der Waals surface area contributed by atoms with E-state index in [9.17, 15) is 0 Å². The smallest absolute Gasteiger partial charge is 0.0253 e. The number of hydrogen-bond donors (Lipinski definition) is 1. The SMILES string of the molecule is CNC1C(Sc2cc(C)ccc2C)CCCC1(C)C. The minimum Gasteiger partial charge on any atom is -0.315 e. The molecule has 0 radical (unpaired) electrons. The van der Waals surface area contributed by atoms with Crippen molar-refractivity contribution in [3.63, 3.8) is 0 Å². The van der Waals surface area contributed by atoms with Gasteiger partial charge in [0.25, 0.3) is 0 Å². The molecule has 0 aromatic heterocycles. The van der Waals surface area contributed by atoms with E-state index in [0.29, 0.717) is 16.7 Å². The van der Waals surface area contributed by atoms with Crippen LogP contribution in [0.2, 0.25) is 0 Å². The molecule has 106 valence electrons. The molecule has 1 aromatic carbocycles. The van der Waals surface area contributed by atoms with Gasteiger partial charge in [0, 0.05) is 16.2 Å².